The van der Waals surface area contributed by atoms with Gasteiger partial charge in [-0.2, -0.15) is 8.78 Å². The number of alkyl halides is 2. The smallest absolute Gasteiger partial charge is 0.410 e. The van der Waals surface area contributed by atoms with E-state index in [1.807, 2.05) is 37.5 Å². The molecule has 1 amide bonds. The molecule has 42 heavy (non-hydrogen) atoms. The van der Waals surface area contributed by atoms with Crippen LogP contribution >= 0.6 is 0 Å². The number of benzene rings is 2. The molecule has 1 saturated heterocycles. The van der Waals surface area contributed by atoms with Crippen LogP contribution in [0.2, 0.25) is 0 Å². The highest BCUT2D eigenvalue weighted by Gasteiger charge is 2.31. The molecule has 2 aliphatic heterocycles. The van der Waals surface area contributed by atoms with E-state index >= 15 is 4.39 Å². The van der Waals surface area contributed by atoms with Crippen molar-refractivity contribution in [3.63, 3.8) is 0 Å². The molecule has 0 radical (unpaired) electrons. The van der Waals surface area contributed by atoms with Crippen molar-refractivity contribution in [2.24, 2.45) is 0 Å². The van der Waals surface area contributed by atoms with E-state index in [9.17, 15) is 13.6 Å². The maximum Gasteiger partial charge on any atom is 0.410 e. The quantitative estimate of drug-likeness (QED) is 0.271. The lowest BCUT2D eigenvalue weighted by Gasteiger charge is -2.36. The number of halogens is 3. The SMILES string of the molecule is CC(C)(C)OC(=O)N1CCN(c2ccc(-c3cc4c(cc3F)nc3n4[C@@H](c4ccccc4OC(F)F)CC3)cn2)CC1. The molecule has 8 nitrogen and oxygen atoms in total. The standard InChI is InChI=1S/C31H32F3N5O3/c1-31(2,3)42-30(40)38-14-12-37(13-15-38)27-10-8-19(18-35-27)21-16-25-23(17-22(21)32)36-28-11-9-24(39(25)28)20-6-4-5-7-26(20)41-29(33)34/h4-8,10,16-18,24,29H,9,11-15H2,1-3H3/t24-/m1/s1. The summed E-state index contributed by atoms with van der Waals surface area (Å²) in [6.07, 6.45) is 2.63. The van der Waals surface area contributed by atoms with E-state index in [0.29, 0.717) is 61.2 Å². The fraction of sp³-hybridized carbons (Fsp3) is 0.387. The van der Waals surface area contributed by atoms with Crippen molar-refractivity contribution in [1.82, 2.24) is 19.4 Å². The number of aromatic nitrogens is 3. The van der Waals surface area contributed by atoms with Gasteiger partial charge in [0.25, 0.3) is 0 Å². The summed E-state index contributed by atoms with van der Waals surface area (Å²) >= 11 is 0. The van der Waals surface area contributed by atoms with Crippen LogP contribution in [0, 0.1) is 5.82 Å². The van der Waals surface area contributed by atoms with Crippen LogP contribution in [-0.2, 0) is 11.2 Å². The van der Waals surface area contributed by atoms with Gasteiger partial charge < -0.3 is 23.8 Å². The minimum atomic E-state index is -2.93. The predicted molar refractivity (Wildman–Crippen MR) is 152 cm³/mol. The largest absolute Gasteiger partial charge is 0.444 e. The van der Waals surface area contributed by atoms with Gasteiger partial charge in [0.05, 0.1) is 17.1 Å². The zero-order valence-corrected chi connectivity index (χ0v) is 23.7. The van der Waals surface area contributed by atoms with Gasteiger partial charge in [-0.25, -0.2) is 19.2 Å². The fourth-order valence-electron chi connectivity index (χ4n) is 5.74. The molecule has 0 spiro atoms. The van der Waals surface area contributed by atoms with Crippen molar-refractivity contribution in [1.29, 1.82) is 0 Å². The van der Waals surface area contributed by atoms with E-state index in [2.05, 4.69) is 14.9 Å². The third-order valence-corrected chi connectivity index (χ3v) is 7.61. The van der Waals surface area contributed by atoms with Gasteiger partial charge in [0.15, 0.2) is 0 Å². The highest BCUT2D eigenvalue weighted by Crippen LogP contribution is 2.41. The Bertz CT molecular complexity index is 1610. The topological polar surface area (TPSA) is 72.7 Å². The Morgan fingerprint density at radius 2 is 1.81 bits per heavy atom. The average Bonchev–Trinajstić information content (AvgIpc) is 3.51. The number of fused-ring (bicyclic) bond motifs is 3. The maximum absolute atomic E-state index is 15.3. The van der Waals surface area contributed by atoms with E-state index in [4.69, 9.17) is 9.47 Å². The molecule has 2 aliphatic rings. The number of hydrogen-bond donors (Lipinski definition) is 0. The van der Waals surface area contributed by atoms with Gasteiger partial charge in [-0.3, -0.25) is 0 Å². The van der Waals surface area contributed by atoms with Crippen LogP contribution in [0.3, 0.4) is 0 Å². The lowest BCUT2D eigenvalue weighted by Crippen LogP contribution is -2.50. The van der Waals surface area contributed by atoms with Gasteiger partial charge >= 0.3 is 12.7 Å². The molecule has 4 aromatic rings. The Morgan fingerprint density at radius 1 is 1.05 bits per heavy atom. The summed E-state index contributed by atoms with van der Waals surface area (Å²) in [6.45, 7) is 4.84. The molecule has 1 atom stereocenters. The van der Waals surface area contributed by atoms with E-state index in [0.717, 1.165) is 17.2 Å². The fourth-order valence-corrected chi connectivity index (χ4v) is 5.74. The molecule has 6 rings (SSSR count). The van der Waals surface area contributed by atoms with Crippen LogP contribution in [0.5, 0.6) is 5.75 Å². The zero-order valence-electron chi connectivity index (χ0n) is 23.7. The van der Waals surface area contributed by atoms with Crippen LogP contribution in [0.15, 0.2) is 54.7 Å². The second kappa shape index (κ2) is 10.8. The van der Waals surface area contributed by atoms with Crippen LogP contribution < -0.4 is 9.64 Å². The normalized spacial score (nSPS) is 17.2. The minimum Gasteiger partial charge on any atom is -0.444 e. The molecule has 0 saturated carbocycles. The first-order chi connectivity index (χ1) is 20.1. The lowest BCUT2D eigenvalue weighted by atomic mass is 10.0. The number of anilines is 1. The molecule has 0 aliphatic carbocycles. The lowest BCUT2D eigenvalue weighted by molar-refractivity contribution is -0.0506. The number of rotatable bonds is 5. The number of imidazole rings is 1. The highest BCUT2D eigenvalue weighted by atomic mass is 19.3. The molecule has 0 N–H and O–H groups in total. The summed E-state index contributed by atoms with van der Waals surface area (Å²) in [5.41, 5.74) is 2.31. The number of carbonyl (C=O) groups excluding carboxylic acids is 1. The number of carbonyl (C=O) groups is 1. The van der Waals surface area contributed by atoms with Gasteiger partial charge in [0, 0.05) is 61.6 Å². The number of ether oxygens (including phenoxy) is 2. The number of piperazine rings is 1. The van der Waals surface area contributed by atoms with E-state index in [-0.39, 0.29) is 17.9 Å². The molecular weight excluding hydrogens is 547 g/mol. The first-order valence-electron chi connectivity index (χ1n) is 14.0. The van der Waals surface area contributed by atoms with Crippen LogP contribution in [0.1, 0.15) is 44.6 Å². The van der Waals surface area contributed by atoms with Crippen molar-refractivity contribution in [3.8, 4) is 16.9 Å². The minimum absolute atomic E-state index is 0.126. The Kier molecular flexibility index (Phi) is 7.20. The van der Waals surface area contributed by atoms with E-state index in [1.54, 1.807) is 35.4 Å². The second-order valence-electron chi connectivity index (χ2n) is 11.5. The van der Waals surface area contributed by atoms with Crippen molar-refractivity contribution < 1.29 is 27.4 Å². The Hall–Kier alpha value is -4.28. The first kappa shape index (κ1) is 27.9. The molecule has 0 unspecified atom stereocenters. The van der Waals surface area contributed by atoms with Crippen LogP contribution in [0.4, 0.5) is 23.8 Å². The summed E-state index contributed by atoms with van der Waals surface area (Å²) in [6, 6.07) is 13.4. The van der Waals surface area contributed by atoms with Gasteiger partial charge in [-0.05, 0) is 51.5 Å². The summed E-state index contributed by atoms with van der Waals surface area (Å²) in [5.74, 6) is 1.22. The molecule has 0 bridgehead atoms. The monoisotopic (exact) mass is 579 g/mol. The van der Waals surface area contributed by atoms with Crippen molar-refractivity contribution in [2.75, 3.05) is 31.1 Å². The number of pyridine rings is 1. The number of amides is 1. The number of nitrogens with zero attached hydrogens (tertiary/aromatic N) is 5. The summed E-state index contributed by atoms with van der Waals surface area (Å²) in [4.78, 5) is 25.4. The van der Waals surface area contributed by atoms with Gasteiger partial charge in [-0.15, -0.1) is 0 Å². The summed E-state index contributed by atoms with van der Waals surface area (Å²) in [7, 11) is 0. The third kappa shape index (κ3) is 5.47. The molecule has 220 valence electrons. The zero-order chi connectivity index (χ0) is 29.6. The summed E-state index contributed by atoms with van der Waals surface area (Å²) < 4.78 is 53.8. The molecule has 4 heterocycles. The van der Waals surface area contributed by atoms with E-state index < -0.39 is 18.0 Å². The molecule has 1 fully saturated rings. The van der Waals surface area contributed by atoms with Gasteiger partial charge in [0.1, 0.15) is 28.8 Å². The Morgan fingerprint density at radius 3 is 2.50 bits per heavy atom. The Balaban J connectivity index is 1.24. The average molecular weight is 580 g/mol. The van der Waals surface area contributed by atoms with Gasteiger partial charge in [-0.1, -0.05) is 18.2 Å². The molecule has 2 aromatic heterocycles. The van der Waals surface area contributed by atoms with Crippen LogP contribution in [0.25, 0.3) is 22.2 Å². The predicted octanol–water partition coefficient (Wildman–Crippen LogP) is 6.43. The number of hydrogen-bond acceptors (Lipinski definition) is 6. The maximum atomic E-state index is 15.3. The molecule has 11 heteroatoms. The second-order valence-corrected chi connectivity index (χ2v) is 11.5. The van der Waals surface area contributed by atoms with Crippen molar-refractivity contribution >= 4 is 22.9 Å². The van der Waals surface area contributed by atoms with E-state index in [1.165, 1.54) is 12.1 Å². The van der Waals surface area contributed by atoms with Crippen LogP contribution in [-0.4, -0.2) is 63.9 Å². The third-order valence-electron chi connectivity index (χ3n) is 7.61. The van der Waals surface area contributed by atoms with Gasteiger partial charge in [0.2, 0.25) is 0 Å². The Labute approximate surface area is 241 Å². The number of aryl methyl sites for hydroxylation is 1. The van der Waals surface area contributed by atoms with Crippen molar-refractivity contribution in [3.05, 3.63) is 71.9 Å². The molecular formula is C31H32F3N5O3. The number of para-hydroxylation sites is 1. The molecule has 2 aromatic carbocycles. The van der Waals surface area contributed by atoms with Crippen molar-refractivity contribution in [2.45, 2.75) is 51.9 Å². The first-order valence-corrected chi connectivity index (χ1v) is 14.0. The highest BCUT2D eigenvalue weighted by molar-refractivity contribution is 5.84. The summed E-state index contributed by atoms with van der Waals surface area (Å²) in [5, 5.41) is 0.